The zero-order valence-corrected chi connectivity index (χ0v) is 14.5. The van der Waals surface area contributed by atoms with E-state index in [2.05, 4.69) is 20.4 Å². The molecule has 0 aliphatic heterocycles. The number of benzene rings is 2. The van der Waals surface area contributed by atoms with Crippen LogP contribution in [0, 0.1) is 12.7 Å². The van der Waals surface area contributed by atoms with E-state index in [0.29, 0.717) is 16.4 Å². The Kier molecular flexibility index (Phi) is 5.31. The van der Waals surface area contributed by atoms with Gasteiger partial charge in [-0.1, -0.05) is 22.9 Å². The van der Waals surface area contributed by atoms with Crippen molar-refractivity contribution in [3.8, 4) is 11.4 Å². The smallest absolute Gasteiger partial charge is 0.387 e. The first-order chi connectivity index (χ1) is 12.8. The first kappa shape index (κ1) is 18.7. The fourth-order valence-electron chi connectivity index (χ4n) is 2.35. The molecule has 0 radical (unpaired) electrons. The van der Waals surface area contributed by atoms with Gasteiger partial charge in [-0.05, 0) is 37.3 Å². The minimum Gasteiger partial charge on any atom is -0.432 e. The van der Waals surface area contributed by atoms with Crippen molar-refractivity contribution in [2.75, 3.05) is 5.32 Å². The molecule has 0 bridgehead atoms. The van der Waals surface area contributed by atoms with Gasteiger partial charge in [-0.3, -0.25) is 4.79 Å². The summed E-state index contributed by atoms with van der Waals surface area (Å²) in [7, 11) is 0. The van der Waals surface area contributed by atoms with E-state index in [4.69, 9.17) is 11.6 Å². The Bertz CT molecular complexity index is 994. The minimum absolute atomic E-state index is 0.0169. The van der Waals surface area contributed by atoms with Gasteiger partial charge in [-0.2, -0.15) is 8.78 Å². The zero-order chi connectivity index (χ0) is 19.6. The third-order valence-electron chi connectivity index (χ3n) is 3.57. The number of carbonyl (C=O) groups excluding carboxylic acids is 1. The second-order valence-corrected chi connectivity index (χ2v) is 5.83. The van der Waals surface area contributed by atoms with E-state index in [0.717, 1.165) is 12.1 Å². The zero-order valence-electron chi connectivity index (χ0n) is 13.8. The van der Waals surface area contributed by atoms with Crippen molar-refractivity contribution < 1.29 is 22.7 Å². The average Bonchev–Trinajstić information content (AvgIpc) is 2.98. The summed E-state index contributed by atoms with van der Waals surface area (Å²) in [6, 6.07) is 9.91. The Morgan fingerprint density at radius 2 is 2.04 bits per heavy atom. The molecule has 3 rings (SSSR count). The number of halogens is 4. The summed E-state index contributed by atoms with van der Waals surface area (Å²) < 4.78 is 43.5. The summed E-state index contributed by atoms with van der Waals surface area (Å²) in [4.78, 5) is 12.4. The summed E-state index contributed by atoms with van der Waals surface area (Å²) in [5, 5.41) is 10.7. The van der Waals surface area contributed by atoms with Gasteiger partial charge in [0.05, 0.1) is 11.4 Å². The summed E-state index contributed by atoms with van der Waals surface area (Å²) >= 11 is 5.95. The van der Waals surface area contributed by atoms with Gasteiger partial charge < -0.3 is 10.1 Å². The van der Waals surface area contributed by atoms with E-state index in [1.54, 1.807) is 31.2 Å². The quantitative estimate of drug-likeness (QED) is 0.701. The van der Waals surface area contributed by atoms with Crippen LogP contribution in [0.1, 0.15) is 16.2 Å². The third kappa shape index (κ3) is 4.20. The van der Waals surface area contributed by atoms with Gasteiger partial charge in [0, 0.05) is 16.8 Å². The number of amides is 1. The lowest BCUT2D eigenvalue weighted by molar-refractivity contribution is -0.0521. The van der Waals surface area contributed by atoms with Crippen LogP contribution in [0.4, 0.5) is 18.9 Å². The summed E-state index contributed by atoms with van der Waals surface area (Å²) in [6.45, 7) is -1.51. The number of rotatable bonds is 5. The molecule has 0 spiro atoms. The molecule has 0 atom stereocenters. The van der Waals surface area contributed by atoms with Crippen molar-refractivity contribution in [2.45, 2.75) is 13.5 Å². The second-order valence-electron chi connectivity index (χ2n) is 5.39. The van der Waals surface area contributed by atoms with Gasteiger partial charge in [-0.25, -0.2) is 9.07 Å². The van der Waals surface area contributed by atoms with Crippen LogP contribution in [-0.2, 0) is 0 Å². The maximum Gasteiger partial charge on any atom is 0.387 e. The largest absolute Gasteiger partial charge is 0.432 e. The molecule has 27 heavy (non-hydrogen) atoms. The molecule has 3 aromatic rings. The monoisotopic (exact) mass is 396 g/mol. The highest BCUT2D eigenvalue weighted by molar-refractivity contribution is 6.30. The summed E-state index contributed by atoms with van der Waals surface area (Å²) in [6.07, 6.45) is 0. The fourth-order valence-corrected chi connectivity index (χ4v) is 2.54. The predicted molar refractivity (Wildman–Crippen MR) is 92.1 cm³/mol. The Morgan fingerprint density at radius 1 is 1.26 bits per heavy atom. The lowest BCUT2D eigenvalue weighted by atomic mass is 10.2. The van der Waals surface area contributed by atoms with E-state index in [1.807, 2.05) is 0 Å². The number of carbonyl (C=O) groups is 1. The molecular formula is C17H12ClF3N4O2. The lowest BCUT2D eigenvalue weighted by Gasteiger charge is -2.08. The number of nitrogens with zero attached hydrogens (tertiary/aromatic N) is 3. The van der Waals surface area contributed by atoms with Crippen LogP contribution in [0.2, 0.25) is 5.02 Å². The SMILES string of the molecule is Cc1c(C(=O)Nc2ccc(OC(F)F)c(F)c2)nnn1-c1cccc(Cl)c1. The van der Waals surface area contributed by atoms with Gasteiger partial charge in [0.1, 0.15) is 0 Å². The maximum atomic E-state index is 13.8. The fraction of sp³-hybridized carbons (Fsp3) is 0.118. The highest BCUT2D eigenvalue weighted by Crippen LogP contribution is 2.23. The number of nitrogens with one attached hydrogen (secondary N) is 1. The molecule has 1 N–H and O–H groups in total. The number of anilines is 1. The molecule has 0 aliphatic rings. The van der Waals surface area contributed by atoms with Crippen LogP contribution in [0.3, 0.4) is 0 Å². The molecule has 0 unspecified atom stereocenters. The van der Waals surface area contributed by atoms with Crippen molar-refractivity contribution in [1.29, 1.82) is 0 Å². The van der Waals surface area contributed by atoms with Crippen LogP contribution in [-0.4, -0.2) is 27.5 Å². The van der Waals surface area contributed by atoms with Crippen LogP contribution < -0.4 is 10.1 Å². The molecule has 6 nitrogen and oxygen atoms in total. The maximum absolute atomic E-state index is 13.8. The van der Waals surface area contributed by atoms with E-state index < -0.39 is 24.1 Å². The van der Waals surface area contributed by atoms with Gasteiger partial charge >= 0.3 is 6.61 Å². The minimum atomic E-state index is -3.15. The van der Waals surface area contributed by atoms with Gasteiger partial charge in [-0.15, -0.1) is 5.10 Å². The first-order valence-corrected chi connectivity index (χ1v) is 7.97. The number of hydrogen-bond donors (Lipinski definition) is 1. The Balaban J connectivity index is 1.80. The molecule has 0 saturated carbocycles. The summed E-state index contributed by atoms with van der Waals surface area (Å²) in [5.41, 5.74) is 1.12. The van der Waals surface area contributed by atoms with Crippen LogP contribution in [0.15, 0.2) is 42.5 Å². The molecule has 1 aromatic heterocycles. The Labute approximate surface area is 156 Å². The molecule has 0 fully saturated rings. The molecule has 2 aromatic carbocycles. The van der Waals surface area contributed by atoms with Gasteiger partial charge in [0.25, 0.3) is 5.91 Å². The van der Waals surface area contributed by atoms with Crippen LogP contribution >= 0.6 is 11.6 Å². The predicted octanol–water partition coefficient (Wildman–Crippen LogP) is 4.22. The number of alkyl halides is 2. The third-order valence-corrected chi connectivity index (χ3v) is 3.80. The van der Waals surface area contributed by atoms with Gasteiger partial charge in [0.15, 0.2) is 17.3 Å². The van der Waals surface area contributed by atoms with E-state index >= 15 is 0 Å². The topological polar surface area (TPSA) is 69.0 Å². The second kappa shape index (κ2) is 7.67. The molecule has 0 aliphatic carbocycles. The molecule has 140 valence electrons. The first-order valence-electron chi connectivity index (χ1n) is 7.59. The van der Waals surface area contributed by atoms with E-state index in [9.17, 15) is 18.0 Å². The summed E-state index contributed by atoms with van der Waals surface area (Å²) in [5.74, 6) is -2.29. The number of hydrogen-bond acceptors (Lipinski definition) is 4. The van der Waals surface area contributed by atoms with E-state index in [1.165, 1.54) is 10.7 Å². The highest BCUT2D eigenvalue weighted by atomic mass is 35.5. The van der Waals surface area contributed by atoms with Crippen molar-refractivity contribution >= 4 is 23.2 Å². The molecule has 10 heteroatoms. The average molecular weight is 397 g/mol. The number of aromatic nitrogens is 3. The molecule has 1 amide bonds. The van der Waals surface area contributed by atoms with E-state index in [-0.39, 0.29) is 11.4 Å². The molecule has 1 heterocycles. The van der Waals surface area contributed by atoms with Crippen molar-refractivity contribution in [3.63, 3.8) is 0 Å². The van der Waals surface area contributed by atoms with Crippen LogP contribution in [0.25, 0.3) is 5.69 Å². The molecular weight excluding hydrogens is 385 g/mol. The van der Waals surface area contributed by atoms with Crippen molar-refractivity contribution in [1.82, 2.24) is 15.0 Å². The Morgan fingerprint density at radius 3 is 2.70 bits per heavy atom. The van der Waals surface area contributed by atoms with Crippen molar-refractivity contribution in [2.24, 2.45) is 0 Å². The lowest BCUT2D eigenvalue weighted by Crippen LogP contribution is -2.14. The van der Waals surface area contributed by atoms with Crippen LogP contribution in [0.5, 0.6) is 5.75 Å². The normalized spacial score (nSPS) is 10.9. The number of ether oxygens (including phenoxy) is 1. The van der Waals surface area contributed by atoms with Crippen molar-refractivity contribution in [3.05, 3.63) is 64.7 Å². The highest BCUT2D eigenvalue weighted by Gasteiger charge is 2.18. The standard InChI is InChI=1S/C17H12ClF3N4O2/c1-9-15(23-24-25(9)12-4-2-3-10(18)7-12)16(26)22-11-5-6-14(13(19)8-11)27-17(20)21/h2-8,17H,1H3,(H,22,26). The molecule has 0 saturated heterocycles. The Hall–Kier alpha value is -3.07. The van der Waals surface area contributed by atoms with Gasteiger partial charge in [0.2, 0.25) is 0 Å².